The van der Waals surface area contributed by atoms with Crippen molar-refractivity contribution in [3.05, 3.63) is 28.4 Å². The van der Waals surface area contributed by atoms with Crippen LogP contribution in [0.5, 0.6) is 0 Å². The van der Waals surface area contributed by atoms with Crippen LogP contribution in [0.3, 0.4) is 0 Å². The van der Waals surface area contributed by atoms with Gasteiger partial charge in [-0.3, -0.25) is 9.78 Å². The number of rotatable bonds is 4. The van der Waals surface area contributed by atoms with Gasteiger partial charge >= 0.3 is 0 Å². The van der Waals surface area contributed by atoms with E-state index >= 15 is 0 Å². The van der Waals surface area contributed by atoms with Gasteiger partial charge in [-0.25, -0.2) is 4.98 Å². The topological polar surface area (TPSA) is 84.1 Å². The molecule has 0 bridgehead atoms. The zero-order valence-electron chi connectivity index (χ0n) is 12.6. The molecule has 21 heavy (non-hydrogen) atoms. The maximum absolute atomic E-state index is 12.3. The number of carbonyl (C=O) groups is 1. The third kappa shape index (κ3) is 3.30. The van der Waals surface area contributed by atoms with Gasteiger partial charge in [0.25, 0.3) is 5.91 Å². The zero-order valence-corrected chi connectivity index (χ0v) is 13.4. The van der Waals surface area contributed by atoms with Crippen molar-refractivity contribution in [2.75, 3.05) is 29.5 Å². The first-order chi connectivity index (χ1) is 9.92. The van der Waals surface area contributed by atoms with Crippen LogP contribution in [0.1, 0.15) is 28.0 Å². The number of hydrogen-bond donors (Lipinski definition) is 2. The van der Waals surface area contributed by atoms with Crippen molar-refractivity contribution in [1.82, 2.24) is 9.97 Å². The van der Waals surface area contributed by atoms with Gasteiger partial charge in [0.1, 0.15) is 10.7 Å². The van der Waals surface area contributed by atoms with Gasteiger partial charge in [0.2, 0.25) is 0 Å². The van der Waals surface area contributed by atoms with Crippen molar-refractivity contribution < 1.29 is 4.79 Å². The number of aromatic nitrogens is 2. The number of carbonyl (C=O) groups excluding carboxylic acids is 1. The van der Waals surface area contributed by atoms with Crippen LogP contribution in [0.15, 0.2) is 12.1 Å². The number of amides is 1. The summed E-state index contributed by atoms with van der Waals surface area (Å²) in [5.41, 5.74) is 8.22. The Bertz CT molecular complexity index is 667. The fourth-order valence-electron chi connectivity index (χ4n) is 1.78. The maximum atomic E-state index is 12.3. The summed E-state index contributed by atoms with van der Waals surface area (Å²) in [6, 6.07) is 3.70. The number of nitrogens with zero attached hydrogens (tertiary/aromatic N) is 3. The molecular weight excluding hydrogens is 286 g/mol. The molecule has 6 nitrogen and oxygen atoms in total. The molecule has 0 unspecified atom stereocenters. The first-order valence-corrected chi connectivity index (χ1v) is 7.47. The fraction of sp³-hybridized carbons (Fsp3) is 0.357. The van der Waals surface area contributed by atoms with E-state index in [2.05, 4.69) is 15.3 Å². The van der Waals surface area contributed by atoms with Crippen molar-refractivity contribution in [1.29, 1.82) is 0 Å². The number of pyridine rings is 1. The van der Waals surface area contributed by atoms with E-state index in [1.54, 1.807) is 0 Å². The van der Waals surface area contributed by atoms with Crippen molar-refractivity contribution >= 4 is 33.9 Å². The average molecular weight is 305 g/mol. The number of nitrogens with one attached hydrogen (secondary N) is 1. The number of anilines is 3. The molecule has 0 saturated carbocycles. The molecule has 3 N–H and O–H groups in total. The normalized spacial score (nSPS) is 10.5. The predicted octanol–water partition coefficient (Wildman–Crippen LogP) is 2.45. The Hall–Kier alpha value is -2.15. The number of nitrogen functional groups attached to an aromatic ring is 1. The van der Waals surface area contributed by atoms with Crippen LogP contribution in [0.25, 0.3) is 0 Å². The minimum Gasteiger partial charge on any atom is -0.382 e. The molecule has 1 amide bonds. The minimum atomic E-state index is -0.255. The number of hydrogen-bond acceptors (Lipinski definition) is 6. The Morgan fingerprint density at radius 2 is 2.10 bits per heavy atom. The quantitative estimate of drug-likeness (QED) is 0.906. The van der Waals surface area contributed by atoms with Crippen molar-refractivity contribution in [2.45, 2.75) is 20.8 Å². The molecule has 2 aromatic rings. The zero-order chi connectivity index (χ0) is 15.6. The van der Waals surface area contributed by atoms with E-state index in [1.807, 2.05) is 44.9 Å². The lowest BCUT2D eigenvalue weighted by Gasteiger charge is -2.11. The van der Waals surface area contributed by atoms with Gasteiger partial charge in [0.15, 0.2) is 5.13 Å². The third-order valence-electron chi connectivity index (χ3n) is 3.12. The summed E-state index contributed by atoms with van der Waals surface area (Å²) < 4.78 is 0. The van der Waals surface area contributed by atoms with E-state index < -0.39 is 0 Å². The number of aryl methyl sites for hydroxylation is 2. The summed E-state index contributed by atoms with van der Waals surface area (Å²) >= 11 is 1.29. The van der Waals surface area contributed by atoms with Gasteiger partial charge in [-0.05, 0) is 32.9 Å². The molecule has 0 aliphatic heterocycles. The van der Waals surface area contributed by atoms with Crippen LogP contribution in [0, 0.1) is 13.8 Å². The molecule has 0 atom stereocenters. The fourth-order valence-corrected chi connectivity index (χ4v) is 2.68. The van der Waals surface area contributed by atoms with E-state index in [1.165, 1.54) is 11.3 Å². The highest BCUT2D eigenvalue weighted by molar-refractivity contribution is 7.18. The van der Waals surface area contributed by atoms with Crippen LogP contribution < -0.4 is 16.0 Å². The maximum Gasteiger partial charge on any atom is 0.269 e. The smallest absolute Gasteiger partial charge is 0.269 e. The molecule has 0 aromatic carbocycles. The standard InChI is InChI=1S/C14H19N5OS/c1-5-19(4)14-18-12(15)11(21-14)13(20)17-10-7-6-8(2)16-9(10)3/h6-7H,5,15H2,1-4H3,(H,17,20). The highest BCUT2D eigenvalue weighted by atomic mass is 32.1. The van der Waals surface area contributed by atoms with Crippen LogP contribution in [0.4, 0.5) is 16.6 Å². The Labute approximate surface area is 128 Å². The first kappa shape index (κ1) is 15.2. The molecule has 2 rings (SSSR count). The van der Waals surface area contributed by atoms with Gasteiger partial charge < -0.3 is 16.0 Å². The first-order valence-electron chi connectivity index (χ1n) is 6.65. The molecule has 0 radical (unpaired) electrons. The minimum absolute atomic E-state index is 0.255. The third-order valence-corrected chi connectivity index (χ3v) is 4.31. The summed E-state index contributed by atoms with van der Waals surface area (Å²) in [4.78, 5) is 23.2. The van der Waals surface area contributed by atoms with Gasteiger partial charge in [-0.15, -0.1) is 0 Å². The molecule has 0 fully saturated rings. The summed E-state index contributed by atoms with van der Waals surface area (Å²) in [5, 5.41) is 3.57. The van der Waals surface area contributed by atoms with Crippen molar-refractivity contribution in [3.63, 3.8) is 0 Å². The lowest BCUT2D eigenvalue weighted by molar-refractivity contribution is 0.103. The molecule has 0 aliphatic carbocycles. The second-order valence-electron chi connectivity index (χ2n) is 4.76. The van der Waals surface area contributed by atoms with Crippen LogP contribution in [-0.4, -0.2) is 29.5 Å². The highest BCUT2D eigenvalue weighted by Gasteiger charge is 2.18. The van der Waals surface area contributed by atoms with Crippen molar-refractivity contribution in [3.8, 4) is 0 Å². The van der Waals surface area contributed by atoms with Gasteiger partial charge in [-0.2, -0.15) is 0 Å². The largest absolute Gasteiger partial charge is 0.382 e. The lowest BCUT2D eigenvalue weighted by Crippen LogP contribution is -2.15. The average Bonchev–Trinajstić information content (AvgIpc) is 2.83. The van der Waals surface area contributed by atoms with E-state index in [9.17, 15) is 4.79 Å². The van der Waals surface area contributed by atoms with Gasteiger partial charge in [0.05, 0.1) is 11.4 Å². The molecule has 2 aromatic heterocycles. The predicted molar refractivity (Wildman–Crippen MR) is 87.1 cm³/mol. The Morgan fingerprint density at radius 3 is 2.71 bits per heavy atom. The second-order valence-corrected chi connectivity index (χ2v) is 5.74. The van der Waals surface area contributed by atoms with Crippen LogP contribution in [0.2, 0.25) is 0 Å². The SMILES string of the molecule is CCN(C)c1nc(N)c(C(=O)Nc2ccc(C)nc2C)s1. The number of thiazole rings is 1. The summed E-state index contributed by atoms with van der Waals surface area (Å²) in [6.07, 6.45) is 0. The summed E-state index contributed by atoms with van der Waals surface area (Å²) in [6.45, 7) is 6.58. The van der Waals surface area contributed by atoms with Crippen molar-refractivity contribution in [2.24, 2.45) is 0 Å². The Morgan fingerprint density at radius 1 is 1.38 bits per heavy atom. The molecule has 0 aliphatic rings. The summed E-state index contributed by atoms with van der Waals surface area (Å²) in [5.74, 6) is 0.0000278. The van der Waals surface area contributed by atoms with Gasteiger partial charge in [0, 0.05) is 19.3 Å². The van der Waals surface area contributed by atoms with E-state index in [4.69, 9.17) is 5.73 Å². The monoisotopic (exact) mass is 305 g/mol. The van der Waals surface area contributed by atoms with E-state index in [-0.39, 0.29) is 11.7 Å². The molecule has 0 spiro atoms. The van der Waals surface area contributed by atoms with E-state index in [0.29, 0.717) is 10.6 Å². The number of nitrogens with two attached hydrogens (primary N) is 1. The Kier molecular flexibility index (Phi) is 4.42. The second kappa shape index (κ2) is 6.09. The van der Waals surface area contributed by atoms with Crippen LogP contribution >= 0.6 is 11.3 Å². The molecular formula is C14H19N5OS. The van der Waals surface area contributed by atoms with E-state index in [0.717, 1.165) is 23.1 Å². The van der Waals surface area contributed by atoms with Gasteiger partial charge in [-0.1, -0.05) is 11.3 Å². The highest BCUT2D eigenvalue weighted by Crippen LogP contribution is 2.28. The van der Waals surface area contributed by atoms with Crippen LogP contribution in [-0.2, 0) is 0 Å². The Balaban J connectivity index is 2.22. The molecule has 0 saturated heterocycles. The molecule has 7 heteroatoms. The lowest BCUT2D eigenvalue weighted by atomic mass is 10.2. The summed E-state index contributed by atoms with van der Waals surface area (Å²) in [7, 11) is 1.91. The molecule has 2 heterocycles. The molecule has 112 valence electrons.